The number of hydrogen-bond donors (Lipinski definition) is 2. The van der Waals surface area contributed by atoms with Crippen molar-refractivity contribution >= 4 is 29.9 Å². The molecule has 0 spiro atoms. The average molecular weight is 514 g/mol. The van der Waals surface area contributed by atoms with Crippen LogP contribution >= 0.6 is 24.0 Å². The summed E-state index contributed by atoms with van der Waals surface area (Å²) >= 11 is 0. The summed E-state index contributed by atoms with van der Waals surface area (Å²) in [4.78, 5) is 9.99. The monoisotopic (exact) mass is 513 g/mol. The van der Waals surface area contributed by atoms with E-state index in [4.69, 9.17) is 4.99 Å². The standard InChI is InChI=1S/C23H39N5.HI/c1-4-24-22(25-17-20(2)18-28-15-13-27(3)14-16-28)26-19-23(11-8-12-23)21-9-6-5-7-10-21;/h5-7,9-10,20H,4,8,11-19H2,1-3H3,(H2,24,25,26);1H. The summed E-state index contributed by atoms with van der Waals surface area (Å²) in [5.41, 5.74) is 1.69. The minimum Gasteiger partial charge on any atom is -0.357 e. The lowest BCUT2D eigenvalue weighted by Crippen LogP contribution is -2.48. The van der Waals surface area contributed by atoms with Gasteiger partial charge >= 0.3 is 0 Å². The fourth-order valence-electron chi connectivity index (χ4n) is 4.31. The molecule has 0 bridgehead atoms. The van der Waals surface area contributed by atoms with Gasteiger partial charge in [0.15, 0.2) is 5.96 Å². The summed E-state index contributed by atoms with van der Waals surface area (Å²) in [6.45, 7) is 13.1. The predicted molar refractivity (Wildman–Crippen MR) is 134 cm³/mol. The topological polar surface area (TPSA) is 42.9 Å². The Morgan fingerprint density at radius 3 is 2.38 bits per heavy atom. The number of nitrogens with zero attached hydrogens (tertiary/aromatic N) is 3. The number of nitrogens with one attached hydrogen (secondary N) is 2. The fourth-order valence-corrected chi connectivity index (χ4v) is 4.31. The SMILES string of the molecule is CCNC(=NCC1(c2ccccc2)CCC1)NCC(C)CN1CCN(C)CC1.I. The molecular formula is C23H40IN5. The maximum absolute atomic E-state index is 4.99. The van der Waals surface area contributed by atoms with Gasteiger partial charge in [-0.15, -0.1) is 24.0 Å². The van der Waals surface area contributed by atoms with Gasteiger partial charge in [0, 0.05) is 51.2 Å². The Kier molecular flexibility index (Phi) is 10.2. The van der Waals surface area contributed by atoms with Gasteiger partial charge in [-0.05, 0) is 38.3 Å². The first-order chi connectivity index (χ1) is 13.6. The minimum atomic E-state index is 0. The van der Waals surface area contributed by atoms with Crippen LogP contribution in [0.5, 0.6) is 0 Å². The van der Waals surface area contributed by atoms with Crippen LogP contribution in [0.4, 0.5) is 0 Å². The Morgan fingerprint density at radius 1 is 1.10 bits per heavy atom. The Morgan fingerprint density at radius 2 is 1.79 bits per heavy atom. The van der Waals surface area contributed by atoms with E-state index in [1.165, 1.54) is 51.0 Å². The molecule has 1 saturated carbocycles. The van der Waals surface area contributed by atoms with E-state index in [-0.39, 0.29) is 29.4 Å². The van der Waals surface area contributed by atoms with Crippen LogP contribution in [-0.4, -0.2) is 75.2 Å². The molecule has 0 aromatic heterocycles. The van der Waals surface area contributed by atoms with Crippen LogP contribution in [0.15, 0.2) is 35.3 Å². The molecule has 5 nitrogen and oxygen atoms in total. The normalized spacial score (nSPS) is 21.0. The van der Waals surface area contributed by atoms with Crippen LogP contribution in [-0.2, 0) is 5.41 Å². The zero-order valence-corrected chi connectivity index (χ0v) is 20.8. The number of hydrogen-bond acceptors (Lipinski definition) is 3. The molecule has 0 amide bonds. The van der Waals surface area contributed by atoms with Gasteiger partial charge in [0.2, 0.25) is 0 Å². The van der Waals surface area contributed by atoms with E-state index in [0.29, 0.717) is 5.92 Å². The molecule has 1 aromatic rings. The van der Waals surface area contributed by atoms with Gasteiger partial charge < -0.3 is 20.4 Å². The Labute approximate surface area is 194 Å². The van der Waals surface area contributed by atoms with E-state index >= 15 is 0 Å². The third-order valence-corrected chi connectivity index (χ3v) is 6.36. The summed E-state index contributed by atoms with van der Waals surface area (Å²) in [7, 11) is 2.21. The highest BCUT2D eigenvalue weighted by Crippen LogP contribution is 2.43. The van der Waals surface area contributed by atoms with Crippen molar-refractivity contribution in [2.45, 2.75) is 38.5 Å². The summed E-state index contributed by atoms with van der Waals surface area (Å²) < 4.78 is 0. The quantitative estimate of drug-likeness (QED) is 0.319. The van der Waals surface area contributed by atoms with Gasteiger partial charge in [-0.1, -0.05) is 43.7 Å². The van der Waals surface area contributed by atoms with E-state index < -0.39 is 0 Å². The second kappa shape index (κ2) is 12.1. The van der Waals surface area contributed by atoms with Crippen LogP contribution in [0.3, 0.4) is 0 Å². The predicted octanol–water partition coefficient (Wildman–Crippen LogP) is 3.16. The molecule has 6 heteroatoms. The molecule has 2 N–H and O–H groups in total. The molecule has 2 aliphatic rings. The van der Waals surface area contributed by atoms with E-state index in [0.717, 1.165) is 32.1 Å². The van der Waals surface area contributed by atoms with Crippen LogP contribution < -0.4 is 10.6 Å². The fraction of sp³-hybridized carbons (Fsp3) is 0.696. The molecule has 0 radical (unpaired) electrons. The summed E-state index contributed by atoms with van der Waals surface area (Å²) in [6, 6.07) is 11.0. The van der Waals surface area contributed by atoms with Crippen molar-refractivity contribution in [1.82, 2.24) is 20.4 Å². The number of guanidine groups is 1. The maximum Gasteiger partial charge on any atom is 0.191 e. The Bertz CT molecular complexity index is 609. The molecule has 3 rings (SSSR count). The van der Waals surface area contributed by atoms with Crippen molar-refractivity contribution < 1.29 is 0 Å². The number of benzene rings is 1. The van der Waals surface area contributed by atoms with E-state index in [9.17, 15) is 0 Å². The molecule has 1 heterocycles. The smallest absolute Gasteiger partial charge is 0.191 e. The van der Waals surface area contributed by atoms with Crippen molar-refractivity contribution in [1.29, 1.82) is 0 Å². The highest BCUT2D eigenvalue weighted by molar-refractivity contribution is 14.0. The van der Waals surface area contributed by atoms with Crippen molar-refractivity contribution in [3.63, 3.8) is 0 Å². The molecular weight excluding hydrogens is 473 g/mol. The summed E-state index contributed by atoms with van der Waals surface area (Å²) in [6.07, 6.45) is 3.82. The van der Waals surface area contributed by atoms with E-state index in [1.54, 1.807) is 0 Å². The van der Waals surface area contributed by atoms with Crippen LogP contribution in [0.25, 0.3) is 0 Å². The third kappa shape index (κ3) is 7.10. The first-order valence-electron chi connectivity index (χ1n) is 11.1. The molecule has 1 atom stereocenters. The largest absolute Gasteiger partial charge is 0.357 e. The van der Waals surface area contributed by atoms with Gasteiger partial charge in [0.25, 0.3) is 0 Å². The van der Waals surface area contributed by atoms with E-state index in [2.05, 4.69) is 71.7 Å². The molecule has 1 saturated heterocycles. The molecule has 2 fully saturated rings. The summed E-state index contributed by atoms with van der Waals surface area (Å²) in [5, 5.41) is 7.03. The van der Waals surface area contributed by atoms with Crippen molar-refractivity contribution in [2.75, 3.05) is 59.4 Å². The highest BCUT2D eigenvalue weighted by atomic mass is 127. The van der Waals surface area contributed by atoms with Crippen molar-refractivity contribution in [2.24, 2.45) is 10.9 Å². The summed E-state index contributed by atoms with van der Waals surface area (Å²) in [5.74, 6) is 1.58. The van der Waals surface area contributed by atoms with Gasteiger partial charge in [0.05, 0.1) is 6.54 Å². The van der Waals surface area contributed by atoms with Gasteiger partial charge in [-0.3, -0.25) is 4.99 Å². The minimum absolute atomic E-state index is 0. The van der Waals surface area contributed by atoms with Crippen molar-refractivity contribution in [3.05, 3.63) is 35.9 Å². The molecule has 1 aromatic carbocycles. The van der Waals surface area contributed by atoms with Crippen LogP contribution in [0.1, 0.15) is 38.7 Å². The Balaban J connectivity index is 0.00000300. The lowest BCUT2D eigenvalue weighted by Gasteiger charge is -2.41. The molecule has 1 unspecified atom stereocenters. The lowest BCUT2D eigenvalue weighted by atomic mass is 9.64. The average Bonchev–Trinajstić information content (AvgIpc) is 2.68. The number of rotatable bonds is 8. The second-order valence-corrected chi connectivity index (χ2v) is 8.79. The van der Waals surface area contributed by atoms with E-state index in [1.807, 2.05) is 0 Å². The van der Waals surface area contributed by atoms with Crippen LogP contribution in [0.2, 0.25) is 0 Å². The molecule has 1 aliphatic carbocycles. The Hall–Kier alpha value is -0.860. The zero-order chi connectivity index (χ0) is 19.8. The number of likely N-dealkylation sites (N-methyl/N-ethyl adjacent to an activating group) is 1. The van der Waals surface area contributed by atoms with Crippen molar-refractivity contribution in [3.8, 4) is 0 Å². The molecule has 1 aliphatic heterocycles. The third-order valence-electron chi connectivity index (χ3n) is 6.36. The number of piperazine rings is 1. The second-order valence-electron chi connectivity index (χ2n) is 8.79. The highest BCUT2D eigenvalue weighted by Gasteiger charge is 2.38. The lowest BCUT2D eigenvalue weighted by molar-refractivity contribution is 0.139. The number of halogens is 1. The zero-order valence-electron chi connectivity index (χ0n) is 18.5. The maximum atomic E-state index is 4.99. The van der Waals surface area contributed by atoms with Gasteiger partial charge in [0.1, 0.15) is 0 Å². The first kappa shape index (κ1) is 24.4. The number of aliphatic imine (C=N–C) groups is 1. The van der Waals surface area contributed by atoms with Gasteiger partial charge in [-0.2, -0.15) is 0 Å². The van der Waals surface area contributed by atoms with Crippen LogP contribution in [0, 0.1) is 5.92 Å². The molecule has 29 heavy (non-hydrogen) atoms. The van der Waals surface area contributed by atoms with Gasteiger partial charge in [-0.25, -0.2) is 0 Å². The first-order valence-corrected chi connectivity index (χ1v) is 11.1. The molecule has 164 valence electrons.